The highest BCUT2D eigenvalue weighted by molar-refractivity contribution is 9.10. The lowest BCUT2D eigenvalue weighted by Crippen LogP contribution is -2.09. The first-order chi connectivity index (χ1) is 9.65. The van der Waals surface area contributed by atoms with Crippen LogP contribution < -0.4 is 0 Å². The van der Waals surface area contributed by atoms with Gasteiger partial charge in [0.15, 0.2) is 0 Å². The zero-order chi connectivity index (χ0) is 14.5. The first-order valence-electron chi connectivity index (χ1n) is 6.57. The third kappa shape index (κ3) is 3.45. The monoisotopic (exact) mass is 339 g/mol. The van der Waals surface area contributed by atoms with Crippen LogP contribution in [0.5, 0.6) is 0 Å². The lowest BCUT2D eigenvalue weighted by Gasteiger charge is -2.13. The van der Waals surface area contributed by atoms with Crippen LogP contribution in [0.2, 0.25) is 0 Å². The molecule has 0 aliphatic heterocycles. The molecule has 1 aromatic heterocycles. The van der Waals surface area contributed by atoms with Crippen molar-refractivity contribution >= 4 is 15.9 Å². The molecule has 2 rings (SSSR count). The number of ether oxygens (including phenoxy) is 2. The zero-order valence-corrected chi connectivity index (χ0v) is 13.4. The summed E-state index contributed by atoms with van der Waals surface area (Å²) < 4.78 is 13.7. The van der Waals surface area contributed by atoms with E-state index in [1.807, 2.05) is 45.2 Å². The van der Waals surface area contributed by atoms with E-state index in [1.54, 1.807) is 4.68 Å². The molecule has 5 nitrogen and oxygen atoms in total. The SMILES string of the molecule is CCOC(OCC)c1cn(-c2ccc(C)cc2Br)nn1. The lowest BCUT2D eigenvalue weighted by atomic mass is 10.2. The summed E-state index contributed by atoms with van der Waals surface area (Å²) in [4.78, 5) is 0. The van der Waals surface area contributed by atoms with E-state index in [1.165, 1.54) is 5.56 Å². The minimum absolute atomic E-state index is 0.469. The summed E-state index contributed by atoms with van der Waals surface area (Å²) in [5.74, 6) is 0. The maximum atomic E-state index is 5.52. The first kappa shape index (κ1) is 15.2. The molecule has 0 saturated carbocycles. The second-order valence-electron chi connectivity index (χ2n) is 4.29. The van der Waals surface area contributed by atoms with Crippen molar-refractivity contribution in [2.24, 2.45) is 0 Å². The molecule has 6 heteroatoms. The van der Waals surface area contributed by atoms with Gasteiger partial charge in [0.1, 0.15) is 5.69 Å². The second-order valence-corrected chi connectivity index (χ2v) is 5.14. The Kier molecular flexibility index (Phi) is 5.28. The smallest absolute Gasteiger partial charge is 0.204 e. The summed E-state index contributed by atoms with van der Waals surface area (Å²) in [6.07, 6.45) is 1.36. The van der Waals surface area contributed by atoms with Gasteiger partial charge in [0.05, 0.1) is 11.9 Å². The standard InChI is InChI=1S/C14H18BrN3O2/c1-4-19-14(20-5-2)12-9-18(17-16-12)13-7-6-10(3)8-11(13)15/h6-9,14H,4-5H2,1-3H3. The zero-order valence-electron chi connectivity index (χ0n) is 11.8. The van der Waals surface area contributed by atoms with Crippen molar-refractivity contribution in [3.8, 4) is 5.69 Å². The summed E-state index contributed by atoms with van der Waals surface area (Å²) in [5, 5.41) is 8.27. The van der Waals surface area contributed by atoms with Gasteiger partial charge in [-0.3, -0.25) is 0 Å². The fraction of sp³-hybridized carbons (Fsp3) is 0.429. The van der Waals surface area contributed by atoms with E-state index in [-0.39, 0.29) is 0 Å². The minimum Gasteiger partial charge on any atom is -0.347 e. The summed E-state index contributed by atoms with van der Waals surface area (Å²) >= 11 is 3.54. The van der Waals surface area contributed by atoms with Gasteiger partial charge in [0.25, 0.3) is 0 Å². The number of rotatable bonds is 6. The molecule has 0 N–H and O–H groups in total. The van der Waals surface area contributed by atoms with Gasteiger partial charge >= 0.3 is 0 Å². The van der Waals surface area contributed by atoms with Crippen molar-refractivity contribution in [1.82, 2.24) is 15.0 Å². The van der Waals surface area contributed by atoms with E-state index < -0.39 is 6.29 Å². The Hall–Kier alpha value is -1.24. The average molecular weight is 340 g/mol. The molecule has 108 valence electrons. The highest BCUT2D eigenvalue weighted by Gasteiger charge is 2.16. The quantitative estimate of drug-likeness (QED) is 0.756. The minimum atomic E-state index is -0.469. The van der Waals surface area contributed by atoms with Gasteiger partial charge in [0.2, 0.25) is 6.29 Å². The van der Waals surface area contributed by atoms with Crippen LogP contribution >= 0.6 is 15.9 Å². The van der Waals surface area contributed by atoms with Crippen LogP contribution in [0.25, 0.3) is 5.69 Å². The predicted octanol–water partition coefficient (Wildman–Crippen LogP) is 3.41. The normalized spacial score (nSPS) is 11.2. The summed E-state index contributed by atoms with van der Waals surface area (Å²) in [5.41, 5.74) is 2.78. The number of nitrogens with zero attached hydrogens (tertiary/aromatic N) is 3. The van der Waals surface area contributed by atoms with Crippen LogP contribution in [0, 0.1) is 6.92 Å². The Bertz CT molecular complexity index is 565. The van der Waals surface area contributed by atoms with Gasteiger partial charge < -0.3 is 9.47 Å². The Morgan fingerprint density at radius 1 is 1.25 bits per heavy atom. The Morgan fingerprint density at radius 2 is 1.95 bits per heavy atom. The van der Waals surface area contributed by atoms with Crippen LogP contribution in [-0.2, 0) is 9.47 Å². The van der Waals surface area contributed by atoms with Crippen molar-refractivity contribution < 1.29 is 9.47 Å². The molecule has 0 saturated heterocycles. The molecule has 0 aliphatic rings. The largest absolute Gasteiger partial charge is 0.347 e. The van der Waals surface area contributed by atoms with E-state index in [0.717, 1.165) is 10.2 Å². The molecular weight excluding hydrogens is 322 g/mol. The van der Waals surface area contributed by atoms with Crippen molar-refractivity contribution in [1.29, 1.82) is 0 Å². The van der Waals surface area contributed by atoms with E-state index in [0.29, 0.717) is 18.9 Å². The molecule has 0 spiro atoms. The molecule has 1 heterocycles. The number of aromatic nitrogens is 3. The third-order valence-corrected chi connectivity index (χ3v) is 3.37. The highest BCUT2D eigenvalue weighted by atomic mass is 79.9. The van der Waals surface area contributed by atoms with Crippen LogP contribution in [0.15, 0.2) is 28.9 Å². The Labute approximate surface area is 127 Å². The number of halogens is 1. The van der Waals surface area contributed by atoms with Gasteiger partial charge in [-0.15, -0.1) is 5.10 Å². The Balaban J connectivity index is 2.27. The lowest BCUT2D eigenvalue weighted by molar-refractivity contribution is -0.142. The molecule has 0 unspecified atom stereocenters. The van der Waals surface area contributed by atoms with Gasteiger partial charge in [-0.05, 0) is 54.4 Å². The van der Waals surface area contributed by atoms with Crippen molar-refractivity contribution in [2.45, 2.75) is 27.1 Å². The van der Waals surface area contributed by atoms with Gasteiger partial charge in [-0.25, -0.2) is 4.68 Å². The van der Waals surface area contributed by atoms with Crippen molar-refractivity contribution in [3.63, 3.8) is 0 Å². The summed E-state index contributed by atoms with van der Waals surface area (Å²) in [7, 11) is 0. The van der Waals surface area contributed by atoms with Crippen molar-refractivity contribution in [3.05, 3.63) is 40.1 Å². The maximum absolute atomic E-state index is 5.52. The van der Waals surface area contributed by atoms with E-state index >= 15 is 0 Å². The van der Waals surface area contributed by atoms with Gasteiger partial charge in [0, 0.05) is 17.7 Å². The number of hydrogen-bond donors (Lipinski definition) is 0. The molecule has 0 bridgehead atoms. The summed E-state index contributed by atoms with van der Waals surface area (Å²) in [6.45, 7) is 7.01. The molecule has 0 atom stereocenters. The predicted molar refractivity (Wildman–Crippen MR) is 79.8 cm³/mol. The molecule has 0 radical (unpaired) electrons. The van der Waals surface area contributed by atoms with Gasteiger partial charge in [-0.1, -0.05) is 11.3 Å². The fourth-order valence-electron chi connectivity index (χ4n) is 1.82. The fourth-order valence-corrected chi connectivity index (χ4v) is 2.50. The molecule has 0 amide bonds. The van der Waals surface area contributed by atoms with E-state index in [2.05, 4.69) is 26.2 Å². The highest BCUT2D eigenvalue weighted by Crippen LogP contribution is 2.23. The maximum Gasteiger partial charge on any atom is 0.204 e. The average Bonchev–Trinajstić information content (AvgIpc) is 2.88. The second kappa shape index (κ2) is 6.97. The topological polar surface area (TPSA) is 49.2 Å². The molecule has 1 aromatic carbocycles. The van der Waals surface area contributed by atoms with Gasteiger partial charge in [-0.2, -0.15) is 0 Å². The van der Waals surface area contributed by atoms with Crippen molar-refractivity contribution in [2.75, 3.05) is 13.2 Å². The molecule has 0 aliphatic carbocycles. The molecule has 0 fully saturated rings. The molecule has 20 heavy (non-hydrogen) atoms. The molecule has 2 aromatic rings. The van der Waals surface area contributed by atoms with Crippen LogP contribution in [0.1, 0.15) is 31.4 Å². The number of aryl methyl sites for hydroxylation is 1. The van der Waals surface area contributed by atoms with E-state index in [9.17, 15) is 0 Å². The first-order valence-corrected chi connectivity index (χ1v) is 7.37. The number of hydrogen-bond acceptors (Lipinski definition) is 4. The van der Waals surface area contributed by atoms with E-state index in [4.69, 9.17) is 9.47 Å². The van der Waals surface area contributed by atoms with Crippen LogP contribution in [0.3, 0.4) is 0 Å². The third-order valence-electron chi connectivity index (χ3n) is 2.74. The van der Waals surface area contributed by atoms with Crippen LogP contribution in [-0.4, -0.2) is 28.2 Å². The van der Waals surface area contributed by atoms with Crippen LogP contribution in [0.4, 0.5) is 0 Å². The Morgan fingerprint density at radius 3 is 2.55 bits per heavy atom. The number of benzene rings is 1. The molecular formula is C14H18BrN3O2. The summed E-state index contributed by atoms with van der Waals surface area (Å²) in [6, 6.07) is 6.07.